The normalized spacial score (nSPS) is 10.9. The summed E-state index contributed by atoms with van der Waals surface area (Å²) >= 11 is 0. The average molecular weight is 242 g/mol. The maximum atomic E-state index is 3.78. The minimum Gasteiger partial charge on any atom is -0.107 e. The number of hydrogen-bond donors (Lipinski definition) is 0. The molecule has 0 bridgehead atoms. The summed E-state index contributed by atoms with van der Waals surface area (Å²) in [6.45, 7) is 8.41. The Morgan fingerprint density at radius 2 is 1.38 bits per heavy atom. The van der Waals surface area contributed by atoms with Crippen LogP contribution >= 0.6 is 7.92 Å². The van der Waals surface area contributed by atoms with Crippen molar-refractivity contribution < 1.29 is 0 Å². The first-order chi connectivity index (χ1) is 7.85. The Hall–Kier alpha value is 0.170. The van der Waals surface area contributed by atoms with E-state index in [1.807, 2.05) is 0 Å². The van der Waals surface area contributed by atoms with E-state index in [2.05, 4.69) is 26.5 Å². The molecular formula is C15H31P. The predicted octanol–water partition coefficient (Wildman–Crippen LogP) is 5.81. The molecule has 0 N–H and O–H groups in total. The van der Waals surface area contributed by atoms with Gasteiger partial charge < -0.3 is 0 Å². The molecule has 0 aromatic rings. The molecule has 0 rings (SSSR count). The molecule has 0 atom stereocenters. The molecule has 0 saturated heterocycles. The molecule has 0 aromatic carbocycles. The van der Waals surface area contributed by atoms with Crippen LogP contribution in [0.3, 0.4) is 0 Å². The lowest BCUT2D eigenvalue weighted by Crippen LogP contribution is -1.96. The van der Waals surface area contributed by atoms with Gasteiger partial charge in [0.25, 0.3) is 0 Å². The van der Waals surface area contributed by atoms with E-state index in [4.69, 9.17) is 0 Å². The quantitative estimate of drug-likeness (QED) is 0.230. The highest BCUT2D eigenvalue weighted by Crippen LogP contribution is 2.38. The summed E-state index contributed by atoms with van der Waals surface area (Å²) in [6, 6.07) is 0. The highest BCUT2D eigenvalue weighted by atomic mass is 31.1. The zero-order chi connectivity index (χ0) is 12.1. The third-order valence-corrected chi connectivity index (χ3v) is 5.88. The van der Waals surface area contributed by atoms with Gasteiger partial charge in [0, 0.05) is 0 Å². The van der Waals surface area contributed by atoms with Gasteiger partial charge in [0.05, 0.1) is 0 Å². The smallest absolute Gasteiger partial charge is 0.0326 e. The lowest BCUT2D eigenvalue weighted by atomic mass is 10.2. The molecule has 0 aliphatic heterocycles. The van der Waals surface area contributed by atoms with Crippen molar-refractivity contribution in [2.75, 3.05) is 18.5 Å². The number of hydrogen-bond acceptors (Lipinski definition) is 0. The van der Waals surface area contributed by atoms with E-state index in [1.165, 1.54) is 69.9 Å². The van der Waals surface area contributed by atoms with Crippen molar-refractivity contribution in [2.24, 2.45) is 0 Å². The monoisotopic (exact) mass is 242 g/mol. The van der Waals surface area contributed by atoms with Crippen LogP contribution in [0.25, 0.3) is 0 Å². The maximum Gasteiger partial charge on any atom is -0.0326 e. The fraction of sp³-hybridized carbons (Fsp3) is 0.867. The third-order valence-electron chi connectivity index (χ3n) is 3.04. The van der Waals surface area contributed by atoms with Gasteiger partial charge in [-0.15, -0.1) is 14.5 Å². The minimum atomic E-state index is 0.381. The van der Waals surface area contributed by atoms with Crippen molar-refractivity contribution in [1.82, 2.24) is 0 Å². The zero-order valence-corrected chi connectivity index (χ0v) is 12.4. The molecule has 0 spiro atoms. The molecule has 96 valence electrons. The molecule has 0 nitrogen and oxygen atoms in total. The molecule has 0 heterocycles. The van der Waals surface area contributed by atoms with Crippen LogP contribution in [0.5, 0.6) is 0 Å². The summed E-state index contributed by atoms with van der Waals surface area (Å²) in [4.78, 5) is 0. The average Bonchev–Trinajstić information content (AvgIpc) is 2.31. The van der Waals surface area contributed by atoms with Crippen LogP contribution in [-0.4, -0.2) is 18.5 Å². The van der Waals surface area contributed by atoms with Crippen molar-refractivity contribution in [3.8, 4) is 0 Å². The first-order valence-corrected chi connectivity index (χ1v) is 9.08. The molecule has 16 heavy (non-hydrogen) atoms. The second-order valence-electron chi connectivity index (χ2n) is 4.69. The standard InChI is InChI=1S/C15H31P/c1-4-7-10-11-12-15-16(13-8-5-2)14-9-6-3/h4H,1,5-15H2,2-3H3. The summed E-state index contributed by atoms with van der Waals surface area (Å²) in [5, 5.41) is 0. The highest BCUT2D eigenvalue weighted by molar-refractivity contribution is 7.57. The van der Waals surface area contributed by atoms with Crippen LogP contribution < -0.4 is 0 Å². The van der Waals surface area contributed by atoms with Crippen LogP contribution in [0.15, 0.2) is 12.7 Å². The van der Waals surface area contributed by atoms with E-state index in [9.17, 15) is 0 Å². The number of rotatable bonds is 12. The van der Waals surface area contributed by atoms with E-state index in [1.54, 1.807) is 0 Å². The molecule has 0 fully saturated rings. The molecule has 0 aromatic heterocycles. The lowest BCUT2D eigenvalue weighted by Gasteiger charge is -2.17. The molecule has 0 aliphatic carbocycles. The van der Waals surface area contributed by atoms with Gasteiger partial charge in [-0.3, -0.25) is 0 Å². The van der Waals surface area contributed by atoms with Gasteiger partial charge in [0.2, 0.25) is 0 Å². The summed E-state index contributed by atoms with van der Waals surface area (Å²) in [5.74, 6) is 0. The van der Waals surface area contributed by atoms with Gasteiger partial charge >= 0.3 is 0 Å². The van der Waals surface area contributed by atoms with Crippen molar-refractivity contribution >= 4 is 7.92 Å². The van der Waals surface area contributed by atoms with Crippen LogP contribution in [0.2, 0.25) is 0 Å². The van der Waals surface area contributed by atoms with E-state index in [0.29, 0.717) is 7.92 Å². The molecule has 0 saturated carbocycles. The fourth-order valence-electron chi connectivity index (χ4n) is 1.90. The second-order valence-corrected chi connectivity index (χ2v) is 7.37. The predicted molar refractivity (Wildman–Crippen MR) is 80.0 cm³/mol. The summed E-state index contributed by atoms with van der Waals surface area (Å²) in [6.07, 6.45) is 17.8. The Bertz CT molecular complexity index is 134. The fourth-order valence-corrected chi connectivity index (χ4v) is 4.77. The van der Waals surface area contributed by atoms with Gasteiger partial charge in [-0.2, -0.15) is 0 Å². The largest absolute Gasteiger partial charge is 0.107 e. The molecule has 0 aliphatic rings. The summed E-state index contributed by atoms with van der Waals surface area (Å²) in [7, 11) is 0.381. The van der Waals surface area contributed by atoms with Crippen LogP contribution in [-0.2, 0) is 0 Å². The summed E-state index contributed by atoms with van der Waals surface area (Å²) < 4.78 is 0. The van der Waals surface area contributed by atoms with Gasteiger partial charge in [0.15, 0.2) is 0 Å². The molecule has 0 unspecified atom stereocenters. The molecular weight excluding hydrogens is 211 g/mol. The van der Waals surface area contributed by atoms with Crippen LogP contribution in [0, 0.1) is 0 Å². The Kier molecular flexibility index (Phi) is 13.4. The second kappa shape index (κ2) is 13.2. The highest BCUT2D eigenvalue weighted by Gasteiger charge is 2.06. The van der Waals surface area contributed by atoms with Gasteiger partial charge in [-0.05, 0) is 50.6 Å². The third kappa shape index (κ3) is 10.7. The summed E-state index contributed by atoms with van der Waals surface area (Å²) in [5.41, 5.74) is 0. The minimum absolute atomic E-state index is 0.381. The number of allylic oxidation sites excluding steroid dienone is 1. The van der Waals surface area contributed by atoms with Crippen molar-refractivity contribution in [3.05, 3.63) is 12.7 Å². The van der Waals surface area contributed by atoms with Gasteiger partial charge in [0.1, 0.15) is 0 Å². The Morgan fingerprint density at radius 1 is 0.812 bits per heavy atom. The molecule has 1 heteroatoms. The van der Waals surface area contributed by atoms with Crippen molar-refractivity contribution in [1.29, 1.82) is 0 Å². The van der Waals surface area contributed by atoms with Crippen LogP contribution in [0.4, 0.5) is 0 Å². The first-order valence-electron chi connectivity index (χ1n) is 7.18. The van der Waals surface area contributed by atoms with Gasteiger partial charge in [-0.1, -0.05) is 39.2 Å². The zero-order valence-electron chi connectivity index (χ0n) is 11.5. The number of unbranched alkanes of at least 4 members (excludes halogenated alkanes) is 5. The first kappa shape index (κ1) is 16.2. The maximum absolute atomic E-state index is 3.78. The Labute approximate surface area is 105 Å². The van der Waals surface area contributed by atoms with E-state index < -0.39 is 0 Å². The van der Waals surface area contributed by atoms with E-state index >= 15 is 0 Å². The Balaban J connectivity index is 3.51. The molecule has 0 radical (unpaired) electrons. The van der Waals surface area contributed by atoms with Crippen LogP contribution in [0.1, 0.15) is 65.2 Å². The van der Waals surface area contributed by atoms with Crippen molar-refractivity contribution in [3.63, 3.8) is 0 Å². The topological polar surface area (TPSA) is 0 Å². The van der Waals surface area contributed by atoms with Gasteiger partial charge in [-0.25, -0.2) is 0 Å². The molecule has 0 amide bonds. The lowest BCUT2D eigenvalue weighted by molar-refractivity contribution is 0.730. The SMILES string of the molecule is C=CCCCCCP(CCCC)CCCC. The Morgan fingerprint density at radius 3 is 1.88 bits per heavy atom. The van der Waals surface area contributed by atoms with E-state index in [0.717, 1.165) is 0 Å². The van der Waals surface area contributed by atoms with E-state index in [-0.39, 0.29) is 0 Å². The van der Waals surface area contributed by atoms with Crippen molar-refractivity contribution in [2.45, 2.75) is 65.2 Å².